The zero-order valence-electron chi connectivity index (χ0n) is 23.5. The highest BCUT2D eigenvalue weighted by Crippen LogP contribution is 2.53. The predicted octanol–water partition coefficient (Wildman–Crippen LogP) is 6.73. The molecule has 0 aromatic heterocycles. The quantitative estimate of drug-likeness (QED) is 0.242. The lowest BCUT2D eigenvalue weighted by Crippen LogP contribution is -2.44. The topological polar surface area (TPSA) is 55.8 Å². The SMILES string of the molecule is CCN1C(C(=O)OC)=C(C(=O)OC)C(c2ccccc2)=CC(c2ccccc2)(c2ccccc2)C1c1ccccc1. The zero-order valence-corrected chi connectivity index (χ0v) is 23.5. The second-order valence-corrected chi connectivity index (χ2v) is 9.83. The van der Waals surface area contributed by atoms with Crippen molar-refractivity contribution in [2.45, 2.75) is 18.4 Å². The average Bonchev–Trinajstić information content (AvgIpc) is 3.19. The highest BCUT2D eigenvalue weighted by molar-refractivity contribution is 6.13. The Kier molecular flexibility index (Phi) is 8.16. The number of esters is 2. The van der Waals surface area contributed by atoms with Gasteiger partial charge in [-0.05, 0) is 34.8 Å². The molecule has 0 N–H and O–H groups in total. The third-order valence-electron chi connectivity index (χ3n) is 7.72. The van der Waals surface area contributed by atoms with E-state index in [0.29, 0.717) is 12.1 Å². The minimum Gasteiger partial charge on any atom is -0.465 e. The van der Waals surface area contributed by atoms with Crippen LogP contribution in [0.2, 0.25) is 0 Å². The number of likely N-dealkylation sites (N-methyl/N-ethyl adjacent to an activating group) is 1. The zero-order chi connectivity index (χ0) is 28.8. The summed E-state index contributed by atoms with van der Waals surface area (Å²) in [6, 6.07) is 39.9. The van der Waals surface area contributed by atoms with Gasteiger partial charge in [0.25, 0.3) is 0 Å². The highest BCUT2D eigenvalue weighted by atomic mass is 16.5. The summed E-state index contributed by atoms with van der Waals surface area (Å²) in [5.41, 5.74) is 3.89. The number of carbonyl (C=O) groups excluding carboxylic acids is 2. The molecule has 0 bridgehead atoms. The molecule has 5 rings (SSSR count). The maximum absolute atomic E-state index is 13.8. The minimum atomic E-state index is -0.847. The van der Waals surface area contributed by atoms with Crippen LogP contribution < -0.4 is 0 Å². The lowest BCUT2D eigenvalue weighted by molar-refractivity contribution is -0.140. The van der Waals surface area contributed by atoms with Crippen molar-refractivity contribution in [3.8, 4) is 0 Å². The summed E-state index contributed by atoms with van der Waals surface area (Å²) in [5.74, 6) is -1.21. The second-order valence-electron chi connectivity index (χ2n) is 9.83. The van der Waals surface area contributed by atoms with E-state index in [9.17, 15) is 9.59 Å². The molecule has 1 aliphatic heterocycles. The van der Waals surface area contributed by atoms with Gasteiger partial charge in [0.1, 0.15) is 5.70 Å². The Balaban J connectivity index is 2.05. The van der Waals surface area contributed by atoms with Crippen LogP contribution in [0, 0.1) is 0 Å². The van der Waals surface area contributed by atoms with E-state index in [1.807, 2.05) is 96.8 Å². The first kappa shape index (κ1) is 27.7. The first-order valence-corrected chi connectivity index (χ1v) is 13.7. The third-order valence-corrected chi connectivity index (χ3v) is 7.72. The van der Waals surface area contributed by atoms with E-state index in [-0.39, 0.29) is 11.3 Å². The molecule has 0 saturated carbocycles. The van der Waals surface area contributed by atoms with E-state index < -0.39 is 23.4 Å². The Morgan fingerprint density at radius 3 is 1.61 bits per heavy atom. The molecule has 0 amide bonds. The number of methoxy groups -OCH3 is 2. The van der Waals surface area contributed by atoms with Crippen LogP contribution in [0.5, 0.6) is 0 Å². The Bertz CT molecular complexity index is 1520. The molecule has 1 aliphatic rings. The Hall–Kier alpha value is -4.90. The van der Waals surface area contributed by atoms with Gasteiger partial charge >= 0.3 is 11.9 Å². The van der Waals surface area contributed by atoms with Gasteiger partial charge in [-0.15, -0.1) is 0 Å². The van der Waals surface area contributed by atoms with Crippen molar-refractivity contribution in [1.29, 1.82) is 0 Å². The van der Waals surface area contributed by atoms with Crippen LogP contribution >= 0.6 is 0 Å². The van der Waals surface area contributed by atoms with Crippen LogP contribution in [-0.2, 0) is 24.5 Å². The maximum atomic E-state index is 13.8. The van der Waals surface area contributed by atoms with Crippen molar-refractivity contribution < 1.29 is 19.1 Å². The first-order valence-electron chi connectivity index (χ1n) is 13.7. The van der Waals surface area contributed by atoms with Gasteiger partial charge in [-0.1, -0.05) is 127 Å². The molecule has 1 heterocycles. The smallest absolute Gasteiger partial charge is 0.355 e. The molecule has 5 nitrogen and oxygen atoms in total. The fraction of sp³-hybridized carbons (Fsp3) is 0.167. The molecule has 0 aliphatic carbocycles. The van der Waals surface area contributed by atoms with E-state index >= 15 is 0 Å². The van der Waals surface area contributed by atoms with Gasteiger partial charge in [-0.2, -0.15) is 0 Å². The molecule has 41 heavy (non-hydrogen) atoms. The van der Waals surface area contributed by atoms with Crippen LogP contribution in [0.15, 0.2) is 139 Å². The van der Waals surface area contributed by atoms with Crippen LogP contribution in [0.1, 0.15) is 35.2 Å². The summed E-state index contributed by atoms with van der Waals surface area (Å²) in [7, 11) is 2.68. The van der Waals surface area contributed by atoms with Gasteiger partial charge in [-0.25, -0.2) is 9.59 Å². The number of nitrogens with zero attached hydrogens (tertiary/aromatic N) is 1. The third kappa shape index (κ3) is 4.95. The van der Waals surface area contributed by atoms with Gasteiger partial charge < -0.3 is 14.4 Å². The second kappa shape index (κ2) is 12.1. The average molecular weight is 544 g/mol. The summed E-state index contributed by atoms with van der Waals surface area (Å²) in [4.78, 5) is 29.6. The molecule has 4 aromatic rings. The Morgan fingerprint density at radius 1 is 0.683 bits per heavy atom. The van der Waals surface area contributed by atoms with E-state index in [1.165, 1.54) is 14.2 Å². The summed E-state index contributed by atoms with van der Waals surface area (Å²) in [5, 5.41) is 0. The standard InChI is InChI=1S/C36H33NO4/c1-4-37-32(35(39)41-3)31(34(38)40-2)30(26-17-9-5-10-18-26)25-36(28-21-13-7-14-22-28,29-23-15-8-16-24-29)33(37)27-19-11-6-12-20-27/h5-25,33H,4H2,1-3H3. The molecule has 1 atom stereocenters. The molecule has 1 unspecified atom stereocenters. The maximum Gasteiger partial charge on any atom is 0.355 e. The normalized spacial score (nSPS) is 16.4. The highest BCUT2D eigenvalue weighted by Gasteiger charge is 2.49. The number of rotatable bonds is 7. The van der Waals surface area contributed by atoms with Crippen molar-refractivity contribution in [3.63, 3.8) is 0 Å². The van der Waals surface area contributed by atoms with Crippen molar-refractivity contribution in [2.24, 2.45) is 0 Å². The summed E-state index contributed by atoms with van der Waals surface area (Å²) >= 11 is 0. The van der Waals surface area contributed by atoms with Gasteiger partial charge in [0, 0.05) is 6.54 Å². The van der Waals surface area contributed by atoms with E-state index in [2.05, 4.69) is 42.5 Å². The monoisotopic (exact) mass is 543 g/mol. The number of hydrogen-bond donors (Lipinski definition) is 0. The molecular weight excluding hydrogens is 510 g/mol. The first-order chi connectivity index (χ1) is 20.1. The van der Waals surface area contributed by atoms with Crippen LogP contribution in [-0.4, -0.2) is 37.6 Å². The van der Waals surface area contributed by atoms with Gasteiger partial charge in [0.15, 0.2) is 0 Å². The minimum absolute atomic E-state index is 0.166. The fourth-order valence-electron chi connectivity index (χ4n) is 5.99. The fourth-order valence-corrected chi connectivity index (χ4v) is 5.99. The van der Waals surface area contributed by atoms with Gasteiger partial charge in [0.05, 0.1) is 31.2 Å². The summed E-state index contributed by atoms with van der Waals surface area (Å²) in [6.45, 7) is 2.41. The number of ether oxygens (including phenoxy) is 2. The molecular formula is C36H33NO4. The van der Waals surface area contributed by atoms with E-state index in [4.69, 9.17) is 9.47 Å². The molecule has 4 aromatic carbocycles. The molecule has 0 saturated heterocycles. The predicted molar refractivity (Wildman–Crippen MR) is 161 cm³/mol. The largest absolute Gasteiger partial charge is 0.465 e. The molecule has 0 radical (unpaired) electrons. The molecule has 0 spiro atoms. The number of hydrogen-bond acceptors (Lipinski definition) is 5. The van der Waals surface area contributed by atoms with Gasteiger partial charge in [-0.3, -0.25) is 0 Å². The summed E-state index contributed by atoms with van der Waals surface area (Å²) < 4.78 is 10.7. The number of carbonyl (C=O) groups is 2. The van der Waals surface area contributed by atoms with Crippen molar-refractivity contribution in [3.05, 3.63) is 161 Å². The van der Waals surface area contributed by atoms with E-state index in [0.717, 1.165) is 22.3 Å². The van der Waals surface area contributed by atoms with Crippen molar-refractivity contribution >= 4 is 17.5 Å². The summed E-state index contributed by atoms with van der Waals surface area (Å²) in [6.07, 6.45) is 2.15. The Morgan fingerprint density at radius 2 is 1.15 bits per heavy atom. The number of benzene rings is 4. The molecule has 5 heteroatoms. The molecule has 0 fully saturated rings. The van der Waals surface area contributed by atoms with Crippen LogP contribution in [0.25, 0.3) is 5.57 Å². The Labute approximate surface area is 241 Å². The van der Waals surface area contributed by atoms with E-state index in [1.54, 1.807) is 0 Å². The van der Waals surface area contributed by atoms with Crippen LogP contribution in [0.4, 0.5) is 0 Å². The van der Waals surface area contributed by atoms with Crippen molar-refractivity contribution in [2.75, 3.05) is 20.8 Å². The lowest BCUT2D eigenvalue weighted by atomic mass is 9.65. The van der Waals surface area contributed by atoms with Gasteiger partial charge in [0.2, 0.25) is 0 Å². The van der Waals surface area contributed by atoms with Crippen LogP contribution in [0.3, 0.4) is 0 Å². The lowest BCUT2D eigenvalue weighted by Gasteiger charge is -2.46. The van der Waals surface area contributed by atoms with Crippen molar-refractivity contribution in [1.82, 2.24) is 4.90 Å². The molecule has 206 valence electrons.